The number of rotatable bonds is 2. The summed E-state index contributed by atoms with van der Waals surface area (Å²) >= 11 is 15.2. The quantitative estimate of drug-likeness (QED) is 0.519. The number of hydrogen-bond acceptors (Lipinski definition) is 5. The first-order chi connectivity index (χ1) is 10.2. The molecule has 0 bridgehead atoms. The second-order valence-electron chi connectivity index (χ2n) is 4.23. The van der Waals surface area contributed by atoms with E-state index in [1.165, 1.54) is 11.8 Å². The molecule has 3 aromatic heterocycles. The molecule has 3 heterocycles. The Morgan fingerprint density at radius 2 is 2.00 bits per heavy atom. The van der Waals surface area contributed by atoms with Crippen molar-refractivity contribution in [1.82, 2.24) is 19.6 Å². The van der Waals surface area contributed by atoms with E-state index in [1.54, 1.807) is 28.0 Å². The molecule has 104 valence electrons. The summed E-state index contributed by atoms with van der Waals surface area (Å²) in [6.07, 6.45) is 1.75. The molecule has 0 amide bonds. The van der Waals surface area contributed by atoms with Gasteiger partial charge in [-0.2, -0.15) is 0 Å². The van der Waals surface area contributed by atoms with Crippen LogP contribution in [-0.4, -0.2) is 19.6 Å². The molecule has 4 aromatic rings. The van der Waals surface area contributed by atoms with Crippen molar-refractivity contribution in [3.63, 3.8) is 0 Å². The van der Waals surface area contributed by atoms with Gasteiger partial charge in [0.15, 0.2) is 9.99 Å². The topological polar surface area (TPSA) is 43.1 Å². The molecule has 4 nitrogen and oxygen atoms in total. The lowest BCUT2D eigenvalue weighted by atomic mass is 10.3. The molecule has 0 aliphatic rings. The predicted octanol–water partition coefficient (Wildman–Crippen LogP) is 4.80. The zero-order chi connectivity index (χ0) is 14.4. The molecule has 0 saturated heterocycles. The van der Waals surface area contributed by atoms with E-state index in [0.717, 1.165) is 14.6 Å². The molecule has 0 fully saturated rings. The molecule has 0 spiro atoms. The van der Waals surface area contributed by atoms with Crippen molar-refractivity contribution in [1.29, 1.82) is 0 Å². The molecular formula is C13H6Cl2N4S2. The number of thiazole rings is 1. The Balaban J connectivity index is 1.80. The highest BCUT2D eigenvalue weighted by Gasteiger charge is 2.13. The molecule has 0 saturated carbocycles. The molecule has 0 aliphatic heterocycles. The Morgan fingerprint density at radius 3 is 2.86 bits per heavy atom. The Morgan fingerprint density at radius 1 is 1.14 bits per heavy atom. The zero-order valence-electron chi connectivity index (χ0n) is 10.3. The van der Waals surface area contributed by atoms with Gasteiger partial charge < -0.3 is 0 Å². The molecular weight excluding hydrogens is 347 g/mol. The van der Waals surface area contributed by atoms with Crippen LogP contribution in [0, 0.1) is 0 Å². The van der Waals surface area contributed by atoms with Gasteiger partial charge in [-0.05, 0) is 30.0 Å². The lowest BCUT2D eigenvalue weighted by molar-refractivity contribution is 0.921. The van der Waals surface area contributed by atoms with E-state index < -0.39 is 0 Å². The van der Waals surface area contributed by atoms with E-state index in [4.69, 9.17) is 23.2 Å². The van der Waals surface area contributed by atoms with Crippen LogP contribution < -0.4 is 0 Å². The van der Waals surface area contributed by atoms with Crippen molar-refractivity contribution in [3.05, 3.63) is 46.6 Å². The fourth-order valence-corrected chi connectivity index (χ4v) is 4.43. The van der Waals surface area contributed by atoms with Crippen LogP contribution in [-0.2, 0) is 0 Å². The predicted molar refractivity (Wildman–Crippen MR) is 86.8 cm³/mol. The first-order valence-electron chi connectivity index (χ1n) is 5.94. The molecule has 4 rings (SSSR count). The monoisotopic (exact) mass is 352 g/mol. The summed E-state index contributed by atoms with van der Waals surface area (Å²) in [5.74, 6) is 0. The summed E-state index contributed by atoms with van der Waals surface area (Å²) in [5.41, 5.74) is 1.57. The number of para-hydroxylation sites is 1. The van der Waals surface area contributed by atoms with Crippen LogP contribution in [0.3, 0.4) is 0 Å². The Labute approximate surface area is 137 Å². The van der Waals surface area contributed by atoms with Crippen LogP contribution in [0.25, 0.3) is 15.9 Å². The average Bonchev–Trinajstić information content (AvgIpc) is 3.03. The Hall–Kier alpha value is -1.34. The van der Waals surface area contributed by atoms with Crippen molar-refractivity contribution < 1.29 is 0 Å². The third-order valence-electron chi connectivity index (χ3n) is 2.85. The van der Waals surface area contributed by atoms with Gasteiger partial charge in [0.25, 0.3) is 0 Å². The van der Waals surface area contributed by atoms with Gasteiger partial charge in [-0.15, -0.1) is 21.5 Å². The summed E-state index contributed by atoms with van der Waals surface area (Å²) in [7, 11) is 0. The van der Waals surface area contributed by atoms with Crippen LogP contribution in [0.15, 0.2) is 46.0 Å². The van der Waals surface area contributed by atoms with Gasteiger partial charge in [0.1, 0.15) is 0 Å². The molecule has 0 atom stereocenters. The molecule has 0 unspecified atom stereocenters. The summed E-state index contributed by atoms with van der Waals surface area (Å²) < 4.78 is 3.83. The van der Waals surface area contributed by atoms with Crippen LogP contribution >= 0.6 is 46.3 Å². The first-order valence-corrected chi connectivity index (χ1v) is 8.33. The van der Waals surface area contributed by atoms with Crippen LogP contribution in [0.2, 0.25) is 10.0 Å². The Bertz CT molecular complexity index is 930. The molecule has 0 radical (unpaired) electrons. The summed E-state index contributed by atoms with van der Waals surface area (Å²) in [6, 6.07) is 9.67. The fraction of sp³-hybridized carbons (Fsp3) is 0. The minimum Gasteiger partial charge on any atom is -0.274 e. The largest absolute Gasteiger partial charge is 0.274 e. The Kier molecular flexibility index (Phi) is 3.26. The fourth-order valence-electron chi connectivity index (χ4n) is 1.94. The number of halogens is 2. The maximum Gasteiger partial charge on any atom is 0.202 e. The van der Waals surface area contributed by atoms with Gasteiger partial charge in [0.05, 0.1) is 20.3 Å². The molecule has 0 N–H and O–H groups in total. The van der Waals surface area contributed by atoms with Gasteiger partial charge in [0.2, 0.25) is 5.16 Å². The van der Waals surface area contributed by atoms with Crippen molar-refractivity contribution >= 4 is 62.2 Å². The van der Waals surface area contributed by atoms with Crippen molar-refractivity contribution in [2.45, 2.75) is 9.50 Å². The highest BCUT2D eigenvalue weighted by Crippen LogP contribution is 2.34. The normalized spacial score (nSPS) is 11.5. The number of benzene rings is 1. The van der Waals surface area contributed by atoms with Gasteiger partial charge in [0, 0.05) is 6.20 Å². The van der Waals surface area contributed by atoms with E-state index in [0.29, 0.717) is 20.8 Å². The second kappa shape index (κ2) is 5.14. The van der Waals surface area contributed by atoms with Crippen LogP contribution in [0.5, 0.6) is 0 Å². The third-order valence-corrected chi connectivity index (χ3v) is 5.39. The highest BCUT2D eigenvalue weighted by atomic mass is 35.5. The third kappa shape index (κ3) is 2.38. The first kappa shape index (κ1) is 13.3. The lowest BCUT2D eigenvalue weighted by Gasteiger charge is -1.99. The van der Waals surface area contributed by atoms with Crippen molar-refractivity contribution in [2.75, 3.05) is 0 Å². The highest BCUT2D eigenvalue weighted by molar-refractivity contribution is 8.01. The summed E-state index contributed by atoms with van der Waals surface area (Å²) in [4.78, 5) is 4.57. The van der Waals surface area contributed by atoms with E-state index in [1.807, 2.05) is 24.3 Å². The summed E-state index contributed by atoms with van der Waals surface area (Å²) in [5, 5.41) is 9.96. The molecule has 21 heavy (non-hydrogen) atoms. The van der Waals surface area contributed by atoms with Crippen LogP contribution in [0.4, 0.5) is 0 Å². The lowest BCUT2D eigenvalue weighted by Crippen LogP contribution is -1.87. The maximum atomic E-state index is 6.11. The van der Waals surface area contributed by atoms with Gasteiger partial charge in [-0.25, -0.2) is 4.98 Å². The minimum absolute atomic E-state index is 0.478. The average molecular weight is 353 g/mol. The standard InChI is InChI=1S/C13H6Cl2N4S2/c14-7-5-8(15)11-17-18-12(19(11)6-7)21-13-16-9-3-1-2-4-10(9)20-13/h1-6H. The van der Waals surface area contributed by atoms with E-state index in [2.05, 4.69) is 15.2 Å². The number of pyridine rings is 1. The van der Waals surface area contributed by atoms with Crippen molar-refractivity contribution in [3.8, 4) is 0 Å². The smallest absolute Gasteiger partial charge is 0.202 e. The maximum absolute atomic E-state index is 6.11. The zero-order valence-corrected chi connectivity index (χ0v) is 13.5. The van der Waals surface area contributed by atoms with Crippen LogP contribution in [0.1, 0.15) is 0 Å². The van der Waals surface area contributed by atoms with Crippen molar-refractivity contribution in [2.24, 2.45) is 0 Å². The second-order valence-corrected chi connectivity index (χ2v) is 7.32. The van der Waals surface area contributed by atoms with Gasteiger partial charge in [-0.3, -0.25) is 4.40 Å². The number of hydrogen-bond donors (Lipinski definition) is 0. The number of nitrogens with zero attached hydrogens (tertiary/aromatic N) is 4. The SMILES string of the molecule is Clc1cc(Cl)c2nnc(Sc3nc4ccccc4s3)n2c1. The van der Waals surface area contributed by atoms with E-state index in [9.17, 15) is 0 Å². The molecule has 1 aromatic carbocycles. The minimum atomic E-state index is 0.478. The number of fused-ring (bicyclic) bond motifs is 2. The summed E-state index contributed by atoms with van der Waals surface area (Å²) in [6.45, 7) is 0. The van der Waals surface area contributed by atoms with Gasteiger partial charge >= 0.3 is 0 Å². The molecule has 8 heteroatoms. The molecule has 0 aliphatic carbocycles. The van der Waals surface area contributed by atoms with E-state index >= 15 is 0 Å². The number of aromatic nitrogens is 4. The van der Waals surface area contributed by atoms with Gasteiger partial charge in [-0.1, -0.05) is 35.3 Å². The van der Waals surface area contributed by atoms with E-state index in [-0.39, 0.29) is 0 Å².